The van der Waals surface area contributed by atoms with Gasteiger partial charge in [-0.25, -0.2) is 4.39 Å². The van der Waals surface area contributed by atoms with Crippen molar-refractivity contribution in [3.63, 3.8) is 0 Å². The van der Waals surface area contributed by atoms with E-state index in [9.17, 15) is 14.0 Å². The molecule has 3 aromatic rings. The standard InChI is InChI=1S/C28H31FN4O4/c29-22-6-10-24(11-7-22)37-25-12-8-23(9-13-25)31-28(35)26(20-36-19-21-4-2-1-3-5-21)32-27(34)18-33-16-14-30-15-17-33/h1-13,26,30H,14-20H2,(H,31,35)(H,32,34)/t26-/m0/s1. The average Bonchev–Trinajstić information content (AvgIpc) is 2.91. The van der Waals surface area contributed by atoms with Crippen molar-refractivity contribution >= 4 is 17.5 Å². The van der Waals surface area contributed by atoms with Crippen LogP contribution in [0.3, 0.4) is 0 Å². The van der Waals surface area contributed by atoms with E-state index in [4.69, 9.17) is 9.47 Å². The highest BCUT2D eigenvalue weighted by Gasteiger charge is 2.23. The van der Waals surface area contributed by atoms with Crippen LogP contribution in [0.25, 0.3) is 0 Å². The molecule has 0 bridgehead atoms. The molecule has 1 saturated heterocycles. The summed E-state index contributed by atoms with van der Waals surface area (Å²) in [7, 11) is 0. The number of amides is 2. The van der Waals surface area contributed by atoms with Crippen molar-refractivity contribution in [3.8, 4) is 11.5 Å². The molecule has 0 spiro atoms. The summed E-state index contributed by atoms with van der Waals surface area (Å²) < 4.78 is 24.6. The van der Waals surface area contributed by atoms with Crippen LogP contribution in [0, 0.1) is 5.82 Å². The fourth-order valence-electron chi connectivity index (χ4n) is 3.84. The van der Waals surface area contributed by atoms with Gasteiger partial charge in [-0.15, -0.1) is 0 Å². The molecule has 1 aliphatic heterocycles. The third kappa shape index (κ3) is 8.68. The Labute approximate surface area is 215 Å². The van der Waals surface area contributed by atoms with Gasteiger partial charge in [-0.05, 0) is 54.1 Å². The molecule has 0 radical (unpaired) electrons. The van der Waals surface area contributed by atoms with Crippen LogP contribution in [0.5, 0.6) is 11.5 Å². The van der Waals surface area contributed by atoms with Crippen LogP contribution in [-0.4, -0.2) is 62.1 Å². The summed E-state index contributed by atoms with van der Waals surface area (Å²) in [5.74, 6) is 0.0905. The molecule has 0 unspecified atom stereocenters. The number of carbonyl (C=O) groups is 2. The summed E-state index contributed by atoms with van der Waals surface area (Å²) in [6.07, 6.45) is 0. The summed E-state index contributed by atoms with van der Waals surface area (Å²) in [5, 5.41) is 8.92. The Hall–Kier alpha value is -3.79. The molecule has 0 aliphatic carbocycles. The van der Waals surface area contributed by atoms with Crippen molar-refractivity contribution in [3.05, 3.63) is 90.2 Å². The van der Waals surface area contributed by atoms with Gasteiger partial charge in [0, 0.05) is 31.9 Å². The molecule has 1 aliphatic rings. The van der Waals surface area contributed by atoms with E-state index in [0.29, 0.717) is 23.8 Å². The van der Waals surface area contributed by atoms with Crippen molar-refractivity contribution in [2.24, 2.45) is 0 Å². The quantitative estimate of drug-likeness (QED) is 0.370. The molecule has 194 valence electrons. The molecule has 9 heteroatoms. The molecule has 8 nitrogen and oxygen atoms in total. The van der Waals surface area contributed by atoms with Crippen LogP contribution in [0.4, 0.5) is 10.1 Å². The third-order valence-electron chi connectivity index (χ3n) is 5.80. The first-order valence-electron chi connectivity index (χ1n) is 12.2. The highest BCUT2D eigenvalue weighted by atomic mass is 19.1. The van der Waals surface area contributed by atoms with Crippen LogP contribution in [0.1, 0.15) is 5.56 Å². The zero-order valence-electron chi connectivity index (χ0n) is 20.5. The number of carbonyl (C=O) groups excluding carboxylic acids is 2. The first-order valence-corrected chi connectivity index (χ1v) is 12.2. The molecule has 2 amide bonds. The van der Waals surface area contributed by atoms with Gasteiger partial charge in [-0.2, -0.15) is 0 Å². The summed E-state index contributed by atoms with van der Waals surface area (Å²) >= 11 is 0. The number of benzene rings is 3. The second-order valence-electron chi connectivity index (χ2n) is 8.72. The van der Waals surface area contributed by atoms with E-state index < -0.39 is 6.04 Å². The SMILES string of the molecule is O=C(CN1CCNCC1)N[C@@H](COCc1ccccc1)C(=O)Nc1ccc(Oc2ccc(F)cc2)cc1. The topological polar surface area (TPSA) is 91.9 Å². The van der Waals surface area contributed by atoms with Crippen LogP contribution in [-0.2, 0) is 20.9 Å². The largest absolute Gasteiger partial charge is 0.457 e. The van der Waals surface area contributed by atoms with E-state index in [2.05, 4.69) is 16.0 Å². The second-order valence-corrected chi connectivity index (χ2v) is 8.72. The Morgan fingerprint density at radius 1 is 0.919 bits per heavy atom. The van der Waals surface area contributed by atoms with E-state index in [1.165, 1.54) is 24.3 Å². The number of nitrogens with zero attached hydrogens (tertiary/aromatic N) is 1. The molecule has 1 fully saturated rings. The van der Waals surface area contributed by atoms with Crippen molar-refractivity contribution in [1.82, 2.24) is 15.5 Å². The number of hydrogen-bond donors (Lipinski definition) is 3. The summed E-state index contributed by atoms with van der Waals surface area (Å²) in [6.45, 7) is 3.80. The maximum atomic E-state index is 13.1. The lowest BCUT2D eigenvalue weighted by molar-refractivity contribution is -0.128. The molecule has 0 saturated carbocycles. The van der Waals surface area contributed by atoms with E-state index in [0.717, 1.165) is 31.7 Å². The minimum atomic E-state index is -0.866. The van der Waals surface area contributed by atoms with Crippen LogP contribution in [0.2, 0.25) is 0 Å². The molecule has 0 aromatic heterocycles. The van der Waals surface area contributed by atoms with Gasteiger partial charge < -0.3 is 25.4 Å². The van der Waals surface area contributed by atoms with Gasteiger partial charge in [0.1, 0.15) is 23.4 Å². The molecule has 1 atom stereocenters. The van der Waals surface area contributed by atoms with Gasteiger partial charge in [0.15, 0.2) is 0 Å². The van der Waals surface area contributed by atoms with E-state index in [1.54, 1.807) is 24.3 Å². The maximum absolute atomic E-state index is 13.1. The van der Waals surface area contributed by atoms with Crippen LogP contribution >= 0.6 is 0 Å². The number of hydrogen-bond acceptors (Lipinski definition) is 6. The predicted octanol–water partition coefficient (Wildman–Crippen LogP) is 3.16. The van der Waals surface area contributed by atoms with Crippen LogP contribution in [0.15, 0.2) is 78.9 Å². The predicted molar refractivity (Wildman–Crippen MR) is 139 cm³/mol. The summed E-state index contributed by atoms with van der Waals surface area (Å²) in [6, 6.07) is 21.3. The van der Waals surface area contributed by atoms with Crippen molar-refractivity contribution < 1.29 is 23.5 Å². The fraction of sp³-hybridized carbons (Fsp3) is 0.286. The molecule has 4 rings (SSSR count). The van der Waals surface area contributed by atoms with Gasteiger partial charge in [-0.1, -0.05) is 30.3 Å². The molecular weight excluding hydrogens is 475 g/mol. The highest BCUT2D eigenvalue weighted by Crippen LogP contribution is 2.23. The first kappa shape index (κ1) is 26.3. The second kappa shape index (κ2) is 13.5. The number of ether oxygens (including phenoxy) is 2. The Kier molecular flexibility index (Phi) is 9.59. The lowest BCUT2D eigenvalue weighted by atomic mass is 10.2. The normalized spacial score (nSPS) is 14.5. The number of nitrogens with one attached hydrogen (secondary N) is 3. The molecular formula is C28H31FN4O4. The van der Waals surface area contributed by atoms with E-state index in [-0.39, 0.29) is 30.8 Å². The Morgan fingerprint density at radius 3 is 2.24 bits per heavy atom. The number of anilines is 1. The third-order valence-corrected chi connectivity index (χ3v) is 5.80. The Balaban J connectivity index is 1.34. The monoisotopic (exact) mass is 506 g/mol. The fourth-order valence-corrected chi connectivity index (χ4v) is 3.84. The summed E-state index contributed by atoms with van der Waals surface area (Å²) in [4.78, 5) is 27.8. The van der Waals surface area contributed by atoms with Gasteiger partial charge in [0.25, 0.3) is 0 Å². The number of piperazine rings is 1. The zero-order valence-corrected chi connectivity index (χ0v) is 20.5. The van der Waals surface area contributed by atoms with Gasteiger partial charge in [0.05, 0.1) is 19.8 Å². The first-order chi connectivity index (χ1) is 18.0. The van der Waals surface area contributed by atoms with Crippen molar-refractivity contribution in [1.29, 1.82) is 0 Å². The molecule has 37 heavy (non-hydrogen) atoms. The number of rotatable bonds is 11. The molecule has 1 heterocycles. The smallest absolute Gasteiger partial charge is 0.249 e. The molecule has 3 N–H and O–H groups in total. The van der Waals surface area contributed by atoms with E-state index >= 15 is 0 Å². The maximum Gasteiger partial charge on any atom is 0.249 e. The minimum Gasteiger partial charge on any atom is -0.457 e. The lowest BCUT2D eigenvalue weighted by Crippen LogP contribution is -2.52. The lowest BCUT2D eigenvalue weighted by Gasteiger charge is -2.27. The number of halogens is 1. The van der Waals surface area contributed by atoms with Gasteiger partial charge in [-0.3, -0.25) is 14.5 Å². The molecule has 3 aromatic carbocycles. The summed E-state index contributed by atoms with van der Waals surface area (Å²) in [5.41, 5.74) is 1.52. The van der Waals surface area contributed by atoms with Crippen LogP contribution < -0.4 is 20.7 Å². The van der Waals surface area contributed by atoms with E-state index in [1.807, 2.05) is 35.2 Å². The van der Waals surface area contributed by atoms with Gasteiger partial charge >= 0.3 is 0 Å². The Morgan fingerprint density at radius 2 is 1.57 bits per heavy atom. The average molecular weight is 507 g/mol. The Bertz CT molecular complexity index is 1140. The zero-order chi connectivity index (χ0) is 25.9. The highest BCUT2D eigenvalue weighted by molar-refractivity contribution is 5.97. The van der Waals surface area contributed by atoms with Crippen molar-refractivity contribution in [2.45, 2.75) is 12.6 Å². The van der Waals surface area contributed by atoms with Crippen molar-refractivity contribution in [2.75, 3.05) is 44.6 Å². The minimum absolute atomic E-state index is 0.0276. The van der Waals surface area contributed by atoms with Gasteiger partial charge in [0.2, 0.25) is 11.8 Å².